The zero-order valence-corrected chi connectivity index (χ0v) is 19.8. The van der Waals surface area contributed by atoms with Crippen molar-refractivity contribution in [1.82, 2.24) is 19.9 Å². The Morgan fingerprint density at radius 3 is 2.69 bits per heavy atom. The van der Waals surface area contributed by atoms with Gasteiger partial charge in [0.15, 0.2) is 11.5 Å². The number of imidazole rings is 1. The minimum atomic E-state index is -0.130. The smallest absolute Gasteiger partial charge is 0.221 e. The highest BCUT2D eigenvalue weighted by atomic mass is 16.5. The predicted octanol–water partition coefficient (Wildman–Crippen LogP) is 4.87. The molecule has 178 valence electrons. The van der Waals surface area contributed by atoms with Crippen molar-refractivity contribution < 1.29 is 14.3 Å². The Morgan fingerprint density at radius 2 is 1.83 bits per heavy atom. The van der Waals surface area contributed by atoms with Crippen LogP contribution in [-0.2, 0) is 11.3 Å². The Balaban J connectivity index is 1.39. The van der Waals surface area contributed by atoms with Crippen molar-refractivity contribution in [2.75, 3.05) is 20.8 Å². The molecule has 1 unspecified atom stereocenters. The highest BCUT2D eigenvalue weighted by Gasteiger charge is 2.24. The third-order valence-corrected chi connectivity index (χ3v) is 6.42. The molecule has 7 heteroatoms. The molecule has 0 spiro atoms. The van der Waals surface area contributed by atoms with E-state index in [1.807, 2.05) is 71.4 Å². The van der Waals surface area contributed by atoms with E-state index in [-0.39, 0.29) is 11.8 Å². The van der Waals surface area contributed by atoms with Crippen LogP contribution < -0.4 is 14.8 Å². The Labute approximate surface area is 203 Å². The number of ether oxygens (including phenoxy) is 2. The average Bonchev–Trinajstić information content (AvgIpc) is 3.52. The van der Waals surface area contributed by atoms with Crippen LogP contribution in [-0.4, -0.2) is 41.2 Å². The number of rotatable bonds is 9. The molecule has 0 radical (unpaired) electrons. The highest BCUT2D eigenvalue weighted by Crippen LogP contribution is 2.40. The molecule has 0 fully saturated rings. The summed E-state index contributed by atoms with van der Waals surface area (Å²) in [5.74, 6) is 1.18. The van der Waals surface area contributed by atoms with Crippen LogP contribution in [0.4, 0.5) is 0 Å². The third-order valence-electron chi connectivity index (χ3n) is 6.42. The summed E-state index contributed by atoms with van der Waals surface area (Å²) < 4.78 is 13.3. The van der Waals surface area contributed by atoms with Gasteiger partial charge in [-0.05, 0) is 29.8 Å². The molecule has 0 saturated carbocycles. The van der Waals surface area contributed by atoms with E-state index in [0.29, 0.717) is 31.0 Å². The van der Waals surface area contributed by atoms with Gasteiger partial charge in [0.1, 0.15) is 0 Å². The first-order valence-corrected chi connectivity index (χ1v) is 11.6. The lowest BCUT2D eigenvalue weighted by atomic mass is 9.89. The van der Waals surface area contributed by atoms with Crippen LogP contribution in [0.15, 0.2) is 79.3 Å². The summed E-state index contributed by atoms with van der Waals surface area (Å²) in [5, 5.41) is 4.26. The van der Waals surface area contributed by atoms with Gasteiger partial charge in [-0.3, -0.25) is 4.79 Å². The standard InChI is InChI=1S/C28H28N4O3/c1-34-26-13-7-9-20(28(26)35-2)22(21-16-29-23-10-4-3-8-19(21)23)17-30-27(33)14-15-32-18-31-24-11-5-6-12-25(24)32/h3-13,16,18,22,29H,14-15,17H2,1-2H3,(H,30,33). The largest absolute Gasteiger partial charge is 0.493 e. The van der Waals surface area contributed by atoms with Crippen LogP contribution in [0.25, 0.3) is 21.9 Å². The van der Waals surface area contributed by atoms with Gasteiger partial charge < -0.3 is 24.3 Å². The molecule has 5 rings (SSSR count). The second kappa shape index (κ2) is 9.93. The number of aromatic nitrogens is 3. The van der Waals surface area contributed by atoms with Gasteiger partial charge in [0.2, 0.25) is 5.91 Å². The topological polar surface area (TPSA) is 81.2 Å². The normalized spacial score (nSPS) is 12.1. The number of hydrogen-bond donors (Lipinski definition) is 2. The number of amides is 1. The Hall–Kier alpha value is -4.26. The summed E-state index contributed by atoms with van der Waals surface area (Å²) in [4.78, 5) is 20.7. The van der Waals surface area contributed by atoms with Crippen molar-refractivity contribution in [3.63, 3.8) is 0 Å². The first-order valence-electron chi connectivity index (χ1n) is 11.6. The van der Waals surface area contributed by atoms with E-state index in [0.717, 1.165) is 33.1 Å². The van der Waals surface area contributed by atoms with Crippen molar-refractivity contribution >= 4 is 27.8 Å². The number of carbonyl (C=O) groups excluding carboxylic acids is 1. The van der Waals surface area contributed by atoms with E-state index < -0.39 is 0 Å². The van der Waals surface area contributed by atoms with Crippen molar-refractivity contribution in [3.05, 3.63) is 90.4 Å². The van der Waals surface area contributed by atoms with E-state index in [1.54, 1.807) is 20.5 Å². The zero-order chi connectivity index (χ0) is 24.2. The number of aryl methyl sites for hydroxylation is 1. The number of fused-ring (bicyclic) bond motifs is 2. The first-order chi connectivity index (χ1) is 17.2. The highest BCUT2D eigenvalue weighted by molar-refractivity contribution is 5.85. The van der Waals surface area contributed by atoms with Crippen molar-refractivity contribution in [2.24, 2.45) is 0 Å². The number of H-pyrrole nitrogens is 1. The second-order valence-electron chi connectivity index (χ2n) is 8.41. The maximum Gasteiger partial charge on any atom is 0.221 e. The quantitative estimate of drug-likeness (QED) is 0.323. The summed E-state index contributed by atoms with van der Waals surface area (Å²) in [6, 6.07) is 21.9. The SMILES string of the molecule is COc1cccc(C(CNC(=O)CCn2cnc3ccccc32)c2c[nH]c3ccccc23)c1OC. The van der Waals surface area contributed by atoms with E-state index in [1.165, 1.54) is 0 Å². The number of carbonyl (C=O) groups is 1. The number of nitrogens with zero attached hydrogens (tertiary/aromatic N) is 2. The molecular formula is C28H28N4O3. The van der Waals surface area contributed by atoms with Crippen LogP contribution in [0, 0.1) is 0 Å². The van der Waals surface area contributed by atoms with E-state index in [4.69, 9.17) is 9.47 Å². The van der Waals surface area contributed by atoms with Crippen LogP contribution >= 0.6 is 0 Å². The number of nitrogens with one attached hydrogen (secondary N) is 2. The second-order valence-corrected chi connectivity index (χ2v) is 8.41. The minimum Gasteiger partial charge on any atom is -0.493 e. The van der Waals surface area contributed by atoms with Gasteiger partial charge in [0, 0.05) is 48.1 Å². The molecule has 1 amide bonds. The Morgan fingerprint density at radius 1 is 1.00 bits per heavy atom. The third kappa shape index (κ3) is 4.45. The van der Waals surface area contributed by atoms with Gasteiger partial charge in [0.25, 0.3) is 0 Å². The fourth-order valence-corrected chi connectivity index (χ4v) is 4.67. The van der Waals surface area contributed by atoms with Gasteiger partial charge in [0.05, 0.1) is 31.6 Å². The Bertz CT molecular complexity index is 1470. The van der Waals surface area contributed by atoms with Gasteiger partial charge in [-0.2, -0.15) is 0 Å². The van der Waals surface area contributed by atoms with Gasteiger partial charge in [-0.1, -0.05) is 42.5 Å². The molecule has 2 heterocycles. The van der Waals surface area contributed by atoms with Crippen molar-refractivity contribution in [3.8, 4) is 11.5 Å². The van der Waals surface area contributed by atoms with E-state index in [2.05, 4.69) is 21.4 Å². The van der Waals surface area contributed by atoms with Gasteiger partial charge >= 0.3 is 0 Å². The first kappa shape index (κ1) is 22.5. The van der Waals surface area contributed by atoms with Crippen LogP contribution in [0.2, 0.25) is 0 Å². The molecular weight excluding hydrogens is 440 g/mol. The fraction of sp³-hybridized carbons (Fsp3) is 0.214. The number of methoxy groups -OCH3 is 2. The average molecular weight is 469 g/mol. The lowest BCUT2D eigenvalue weighted by Crippen LogP contribution is -2.29. The molecule has 0 saturated heterocycles. The predicted molar refractivity (Wildman–Crippen MR) is 137 cm³/mol. The molecule has 7 nitrogen and oxygen atoms in total. The maximum atomic E-state index is 12.9. The molecule has 1 atom stereocenters. The minimum absolute atomic E-state index is 0.0190. The molecule has 2 N–H and O–H groups in total. The summed E-state index contributed by atoms with van der Waals surface area (Å²) >= 11 is 0. The van der Waals surface area contributed by atoms with Crippen molar-refractivity contribution in [2.45, 2.75) is 18.9 Å². The van der Waals surface area contributed by atoms with Crippen LogP contribution in [0.1, 0.15) is 23.5 Å². The number of hydrogen-bond acceptors (Lipinski definition) is 4. The molecule has 35 heavy (non-hydrogen) atoms. The molecule has 5 aromatic rings. The monoisotopic (exact) mass is 468 g/mol. The molecule has 3 aromatic carbocycles. The Kier molecular flexibility index (Phi) is 6.39. The van der Waals surface area contributed by atoms with Gasteiger partial charge in [-0.15, -0.1) is 0 Å². The summed E-state index contributed by atoms with van der Waals surface area (Å²) in [7, 11) is 3.27. The van der Waals surface area contributed by atoms with Crippen LogP contribution in [0.5, 0.6) is 11.5 Å². The lowest BCUT2D eigenvalue weighted by molar-refractivity contribution is -0.121. The van der Waals surface area contributed by atoms with E-state index in [9.17, 15) is 4.79 Å². The van der Waals surface area contributed by atoms with Crippen LogP contribution in [0.3, 0.4) is 0 Å². The summed E-state index contributed by atoms with van der Waals surface area (Å²) in [5.41, 5.74) is 5.05. The molecule has 0 aliphatic carbocycles. The lowest BCUT2D eigenvalue weighted by Gasteiger charge is -2.22. The maximum absolute atomic E-state index is 12.9. The number of para-hydroxylation sites is 4. The van der Waals surface area contributed by atoms with Gasteiger partial charge in [-0.25, -0.2) is 4.98 Å². The number of benzene rings is 3. The molecule has 0 bridgehead atoms. The summed E-state index contributed by atoms with van der Waals surface area (Å²) in [6.45, 7) is 0.988. The molecule has 0 aliphatic rings. The molecule has 0 aliphatic heterocycles. The fourth-order valence-electron chi connectivity index (χ4n) is 4.67. The summed E-state index contributed by atoms with van der Waals surface area (Å²) in [6.07, 6.45) is 4.15. The molecule has 2 aromatic heterocycles. The zero-order valence-electron chi connectivity index (χ0n) is 19.8. The van der Waals surface area contributed by atoms with E-state index >= 15 is 0 Å². The van der Waals surface area contributed by atoms with Crippen molar-refractivity contribution in [1.29, 1.82) is 0 Å². The number of aromatic amines is 1.